The molecule has 2 aromatic rings. The highest BCUT2D eigenvalue weighted by Gasteiger charge is 2.36. The van der Waals surface area contributed by atoms with Gasteiger partial charge in [-0.3, -0.25) is 9.59 Å². The van der Waals surface area contributed by atoms with Gasteiger partial charge >= 0.3 is 6.09 Å². The SMILES string of the molecule is CCCC(C)NC(=O)C(c1cccc(O)c1)N(CCC)C(=O)C(Cc1ccccc1)NC(=O)OC(C)(C)C. The van der Waals surface area contributed by atoms with Gasteiger partial charge in [0.05, 0.1) is 0 Å². The topological polar surface area (TPSA) is 108 Å². The van der Waals surface area contributed by atoms with E-state index in [0.717, 1.165) is 18.4 Å². The monoisotopic (exact) mass is 525 g/mol. The molecular formula is C30H43N3O5. The van der Waals surface area contributed by atoms with Crippen LogP contribution in [0.3, 0.4) is 0 Å². The third kappa shape index (κ3) is 9.72. The zero-order valence-corrected chi connectivity index (χ0v) is 23.5. The number of aromatic hydroxyl groups is 1. The second kappa shape index (κ2) is 14.4. The van der Waals surface area contributed by atoms with Gasteiger partial charge in [-0.2, -0.15) is 0 Å². The van der Waals surface area contributed by atoms with Crippen LogP contribution >= 0.6 is 0 Å². The third-order valence-corrected chi connectivity index (χ3v) is 5.88. The summed E-state index contributed by atoms with van der Waals surface area (Å²) < 4.78 is 5.45. The molecule has 0 spiro atoms. The van der Waals surface area contributed by atoms with Crippen molar-refractivity contribution in [2.24, 2.45) is 0 Å². The second-order valence-electron chi connectivity index (χ2n) is 10.6. The van der Waals surface area contributed by atoms with Crippen molar-refractivity contribution in [3.05, 3.63) is 65.7 Å². The Balaban J connectivity index is 2.50. The lowest BCUT2D eigenvalue weighted by atomic mass is 9.99. The van der Waals surface area contributed by atoms with Gasteiger partial charge in [-0.1, -0.05) is 62.7 Å². The Bertz CT molecular complexity index is 1050. The second-order valence-corrected chi connectivity index (χ2v) is 10.6. The van der Waals surface area contributed by atoms with E-state index in [2.05, 4.69) is 10.6 Å². The molecule has 2 aromatic carbocycles. The minimum atomic E-state index is -0.993. The lowest BCUT2D eigenvalue weighted by molar-refractivity contribution is -0.142. The van der Waals surface area contributed by atoms with Crippen molar-refractivity contribution >= 4 is 17.9 Å². The van der Waals surface area contributed by atoms with E-state index < -0.39 is 29.7 Å². The van der Waals surface area contributed by atoms with E-state index in [4.69, 9.17) is 4.74 Å². The summed E-state index contributed by atoms with van der Waals surface area (Å²) in [5.41, 5.74) is 0.601. The fourth-order valence-electron chi connectivity index (χ4n) is 4.30. The molecule has 0 aliphatic carbocycles. The third-order valence-electron chi connectivity index (χ3n) is 5.88. The number of amides is 3. The number of hydrogen-bond acceptors (Lipinski definition) is 5. The first-order valence-corrected chi connectivity index (χ1v) is 13.4. The highest BCUT2D eigenvalue weighted by atomic mass is 16.6. The van der Waals surface area contributed by atoms with E-state index in [1.54, 1.807) is 32.9 Å². The molecule has 8 heteroatoms. The molecule has 3 N–H and O–H groups in total. The normalized spacial score (nSPS) is 13.6. The number of carbonyl (C=O) groups is 3. The van der Waals surface area contributed by atoms with Gasteiger partial charge in [0.25, 0.3) is 0 Å². The van der Waals surface area contributed by atoms with Crippen LogP contribution in [0.2, 0.25) is 0 Å². The van der Waals surface area contributed by atoms with Crippen LogP contribution in [-0.2, 0) is 20.7 Å². The zero-order chi connectivity index (χ0) is 28.3. The molecule has 2 rings (SSSR count). The van der Waals surface area contributed by atoms with E-state index in [0.29, 0.717) is 12.0 Å². The Kier molecular flexibility index (Phi) is 11.6. The number of benzene rings is 2. The first kappa shape index (κ1) is 30.7. The van der Waals surface area contributed by atoms with Gasteiger partial charge in [0.15, 0.2) is 0 Å². The summed E-state index contributed by atoms with van der Waals surface area (Å²) in [4.78, 5) is 42.1. The minimum Gasteiger partial charge on any atom is -0.508 e. The zero-order valence-electron chi connectivity index (χ0n) is 23.5. The highest BCUT2D eigenvalue weighted by molar-refractivity contribution is 5.92. The van der Waals surface area contributed by atoms with Crippen LogP contribution in [0.1, 0.15) is 78.0 Å². The predicted octanol–water partition coefficient (Wildman–Crippen LogP) is 5.11. The molecule has 208 valence electrons. The Hall–Kier alpha value is -3.55. The average Bonchev–Trinajstić information content (AvgIpc) is 2.82. The molecule has 8 nitrogen and oxygen atoms in total. The molecule has 3 amide bonds. The first-order chi connectivity index (χ1) is 17.9. The van der Waals surface area contributed by atoms with Gasteiger partial charge in [-0.05, 0) is 63.8 Å². The standard InChI is InChI=1S/C30H43N3O5/c1-7-13-21(3)31-27(35)26(23-16-12-17-24(34)20-23)33(18-8-2)28(36)25(19-22-14-10-9-11-15-22)32-29(37)38-30(4,5)6/h9-12,14-17,20-21,25-26,34H,7-8,13,18-19H2,1-6H3,(H,31,35)(H,32,37). The number of nitrogens with one attached hydrogen (secondary N) is 2. The van der Waals surface area contributed by atoms with Crippen molar-refractivity contribution in [2.45, 2.75) is 91.0 Å². The molecule has 0 radical (unpaired) electrons. The van der Waals surface area contributed by atoms with Crippen LogP contribution in [0.25, 0.3) is 0 Å². The molecule has 0 bridgehead atoms. The molecule has 0 aromatic heterocycles. The number of phenolic OH excluding ortho intramolecular Hbond substituents is 1. The van der Waals surface area contributed by atoms with E-state index >= 15 is 0 Å². The number of nitrogens with zero attached hydrogens (tertiary/aromatic N) is 1. The maximum atomic E-state index is 14.2. The number of alkyl carbamates (subject to hydrolysis) is 1. The van der Waals surface area contributed by atoms with Crippen molar-refractivity contribution in [3.8, 4) is 5.75 Å². The molecule has 0 aliphatic heterocycles. The summed E-state index contributed by atoms with van der Waals surface area (Å²) in [5, 5.41) is 16.0. The number of ether oxygens (including phenoxy) is 1. The largest absolute Gasteiger partial charge is 0.508 e. The number of rotatable bonds is 12. The molecule has 0 saturated carbocycles. The molecular weight excluding hydrogens is 482 g/mol. The van der Waals surface area contributed by atoms with E-state index in [1.165, 1.54) is 17.0 Å². The quantitative estimate of drug-likeness (QED) is 0.357. The minimum absolute atomic E-state index is 0.00137. The summed E-state index contributed by atoms with van der Waals surface area (Å²) >= 11 is 0. The van der Waals surface area contributed by atoms with Crippen molar-refractivity contribution in [1.82, 2.24) is 15.5 Å². The van der Waals surface area contributed by atoms with E-state index in [9.17, 15) is 19.5 Å². The Morgan fingerprint density at radius 2 is 1.66 bits per heavy atom. The first-order valence-electron chi connectivity index (χ1n) is 13.4. The average molecular weight is 526 g/mol. The number of hydrogen-bond donors (Lipinski definition) is 3. The number of carbonyl (C=O) groups excluding carboxylic acids is 3. The van der Waals surface area contributed by atoms with Gasteiger partial charge in [0.2, 0.25) is 11.8 Å². The highest BCUT2D eigenvalue weighted by Crippen LogP contribution is 2.26. The van der Waals surface area contributed by atoms with Crippen LogP contribution in [-0.4, -0.2) is 52.1 Å². The van der Waals surface area contributed by atoms with Gasteiger partial charge in [0, 0.05) is 19.0 Å². The fraction of sp³-hybridized carbons (Fsp3) is 0.500. The molecule has 3 atom stereocenters. The summed E-state index contributed by atoms with van der Waals surface area (Å²) in [6, 6.07) is 13.7. The summed E-state index contributed by atoms with van der Waals surface area (Å²) in [6.45, 7) is 11.4. The molecule has 38 heavy (non-hydrogen) atoms. The molecule has 0 heterocycles. The van der Waals surface area contributed by atoms with E-state index in [-0.39, 0.29) is 30.7 Å². The predicted molar refractivity (Wildman–Crippen MR) is 149 cm³/mol. The van der Waals surface area contributed by atoms with Crippen LogP contribution in [0.5, 0.6) is 5.75 Å². The van der Waals surface area contributed by atoms with Crippen molar-refractivity contribution in [1.29, 1.82) is 0 Å². The molecule has 3 unspecified atom stereocenters. The Morgan fingerprint density at radius 3 is 2.24 bits per heavy atom. The molecule has 0 fully saturated rings. The van der Waals surface area contributed by atoms with Gasteiger partial charge in [-0.15, -0.1) is 0 Å². The van der Waals surface area contributed by atoms with Crippen LogP contribution in [0, 0.1) is 0 Å². The lowest BCUT2D eigenvalue weighted by Gasteiger charge is -2.35. The Morgan fingerprint density at radius 1 is 0.974 bits per heavy atom. The van der Waals surface area contributed by atoms with E-state index in [1.807, 2.05) is 51.1 Å². The van der Waals surface area contributed by atoms with Gasteiger partial charge in [-0.25, -0.2) is 4.79 Å². The van der Waals surface area contributed by atoms with Crippen LogP contribution in [0.15, 0.2) is 54.6 Å². The molecule has 0 saturated heterocycles. The number of phenols is 1. The van der Waals surface area contributed by atoms with Crippen molar-refractivity contribution in [3.63, 3.8) is 0 Å². The van der Waals surface area contributed by atoms with Crippen LogP contribution < -0.4 is 10.6 Å². The smallest absolute Gasteiger partial charge is 0.408 e. The van der Waals surface area contributed by atoms with Gasteiger partial charge in [0.1, 0.15) is 23.4 Å². The lowest BCUT2D eigenvalue weighted by Crippen LogP contribution is -2.54. The maximum Gasteiger partial charge on any atom is 0.408 e. The van der Waals surface area contributed by atoms with Crippen molar-refractivity contribution in [2.75, 3.05) is 6.54 Å². The molecule has 0 aliphatic rings. The van der Waals surface area contributed by atoms with Crippen molar-refractivity contribution < 1.29 is 24.2 Å². The summed E-state index contributed by atoms with van der Waals surface area (Å²) in [5.74, 6) is -0.749. The van der Waals surface area contributed by atoms with Gasteiger partial charge < -0.3 is 25.4 Å². The maximum absolute atomic E-state index is 14.2. The van der Waals surface area contributed by atoms with Crippen LogP contribution in [0.4, 0.5) is 4.79 Å². The Labute approximate surface area is 226 Å². The summed E-state index contributed by atoms with van der Waals surface area (Å²) in [7, 11) is 0. The summed E-state index contributed by atoms with van der Waals surface area (Å²) in [6.07, 6.45) is 1.78. The fourth-order valence-corrected chi connectivity index (χ4v) is 4.30.